The number of hydrogen-bond acceptors (Lipinski definition) is 11. The molecule has 2 N–H and O–H groups in total. The van der Waals surface area contributed by atoms with Crippen molar-refractivity contribution >= 4 is 57.5 Å². The average molecular weight is 484 g/mol. The minimum Gasteiger partial charge on any atom is -0.467 e. The van der Waals surface area contributed by atoms with Crippen LogP contribution < -0.4 is 10.6 Å². The zero-order valence-corrected chi connectivity index (χ0v) is 18.9. The fourth-order valence-electron chi connectivity index (χ4n) is 2.47. The van der Waals surface area contributed by atoms with E-state index in [1.807, 2.05) is 0 Å². The van der Waals surface area contributed by atoms with Crippen molar-refractivity contribution in [2.45, 2.75) is 24.9 Å². The smallest absolute Gasteiger partial charge is 0.329 e. The molecule has 2 amide bonds. The number of nitrogens with one attached hydrogen (secondary N) is 2. The van der Waals surface area contributed by atoms with Gasteiger partial charge in [-0.3, -0.25) is 19.2 Å². The highest BCUT2D eigenvalue weighted by Crippen LogP contribution is 2.16. The molecule has 172 valence electrons. The second-order valence-electron chi connectivity index (χ2n) is 6.37. The molecule has 2 atom stereocenters. The Labute approximate surface area is 191 Å². The summed E-state index contributed by atoms with van der Waals surface area (Å²) < 4.78 is 9.33. The first-order valence-corrected chi connectivity index (χ1v) is 11.3. The number of aromatic nitrogens is 1. The highest BCUT2D eigenvalue weighted by Gasteiger charge is 2.27. The number of carbonyl (C=O) groups excluding carboxylic acids is 6. The summed E-state index contributed by atoms with van der Waals surface area (Å²) in [5, 5.41) is 4.14. The summed E-state index contributed by atoms with van der Waals surface area (Å²) >= 11 is 1.56. The minimum absolute atomic E-state index is 0.101. The fourth-order valence-corrected chi connectivity index (χ4v) is 4.11. The number of pyridine rings is 1. The Morgan fingerprint density at radius 1 is 0.844 bits per heavy atom. The van der Waals surface area contributed by atoms with Crippen LogP contribution in [0.5, 0.6) is 0 Å². The molecule has 2 bridgehead atoms. The monoisotopic (exact) mass is 483 g/mol. The topological polar surface area (TPSA) is 158 Å². The standard InChI is InChI=1S/C19H21N3O8S2/c1-29-18(27)12-8-31-14(23)6-7-15(24)32-9-13(19(28)30-2)22-17(26)11-5-3-4-10(20-11)16(25)21-12/h3-5,12-13H,6-9H2,1-2H3,(H,21,25)(H,22,26)/t12-,13-/m1/s1. The molecule has 0 saturated carbocycles. The van der Waals surface area contributed by atoms with Crippen molar-refractivity contribution in [3.05, 3.63) is 29.6 Å². The van der Waals surface area contributed by atoms with Crippen LogP contribution in [0.25, 0.3) is 0 Å². The molecule has 1 aliphatic rings. The molecular weight excluding hydrogens is 462 g/mol. The Balaban J connectivity index is 2.34. The third kappa shape index (κ3) is 7.34. The van der Waals surface area contributed by atoms with Crippen molar-refractivity contribution in [2.24, 2.45) is 0 Å². The lowest BCUT2D eigenvalue weighted by Crippen LogP contribution is -2.44. The van der Waals surface area contributed by atoms with Gasteiger partial charge in [0.05, 0.1) is 14.2 Å². The predicted molar refractivity (Wildman–Crippen MR) is 115 cm³/mol. The number of esters is 2. The number of methoxy groups -OCH3 is 2. The molecule has 1 aromatic rings. The van der Waals surface area contributed by atoms with Gasteiger partial charge in [0.25, 0.3) is 11.8 Å². The van der Waals surface area contributed by atoms with E-state index in [4.69, 9.17) is 0 Å². The number of carbonyl (C=O) groups is 6. The molecule has 2 heterocycles. The summed E-state index contributed by atoms with van der Waals surface area (Å²) in [4.78, 5) is 77.4. The summed E-state index contributed by atoms with van der Waals surface area (Å²) in [6.45, 7) is 0. The molecule has 13 heteroatoms. The van der Waals surface area contributed by atoms with Gasteiger partial charge in [-0.2, -0.15) is 0 Å². The molecule has 1 aliphatic heterocycles. The Morgan fingerprint density at radius 2 is 1.25 bits per heavy atom. The molecule has 0 spiro atoms. The first kappa shape index (κ1) is 25.3. The lowest BCUT2D eigenvalue weighted by atomic mass is 10.2. The zero-order chi connectivity index (χ0) is 23.7. The van der Waals surface area contributed by atoms with Crippen molar-refractivity contribution in [3.8, 4) is 0 Å². The Bertz CT molecular complexity index is 854. The van der Waals surface area contributed by atoms with Gasteiger partial charge in [0, 0.05) is 24.3 Å². The van der Waals surface area contributed by atoms with Crippen LogP contribution in [-0.4, -0.2) is 76.8 Å². The van der Waals surface area contributed by atoms with E-state index in [9.17, 15) is 28.8 Å². The van der Waals surface area contributed by atoms with Crippen LogP contribution in [0, 0.1) is 0 Å². The SMILES string of the molecule is COC(=O)[C@H]1CSC(=O)CCC(=O)SC[C@H](C(=O)OC)NC(=O)c2cccc(n2)C(=O)N1. The fraction of sp³-hybridized carbons (Fsp3) is 0.421. The highest BCUT2D eigenvalue weighted by atomic mass is 32.2. The highest BCUT2D eigenvalue weighted by molar-refractivity contribution is 8.14. The number of nitrogens with zero attached hydrogens (tertiary/aromatic N) is 1. The number of fused-ring (bicyclic) bond motifs is 2. The van der Waals surface area contributed by atoms with Crippen LogP contribution in [0.2, 0.25) is 0 Å². The van der Waals surface area contributed by atoms with E-state index in [0.717, 1.165) is 37.7 Å². The van der Waals surface area contributed by atoms with E-state index < -0.39 is 35.8 Å². The largest absolute Gasteiger partial charge is 0.467 e. The molecule has 0 aliphatic carbocycles. The van der Waals surface area contributed by atoms with Crippen LogP contribution in [0.1, 0.15) is 33.8 Å². The summed E-state index contributed by atoms with van der Waals surface area (Å²) in [5.74, 6) is -3.27. The van der Waals surface area contributed by atoms with Crippen LogP contribution in [0.3, 0.4) is 0 Å². The third-order valence-corrected chi connectivity index (χ3v) is 6.20. The quantitative estimate of drug-likeness (QED) is 0.543. The van der Waals surface area contributed by atoms with Crippen molar-refractivity contribution in [1.82, 2.24) is 15.6 Å². The number of rotatable bonds is 2. The van der Waals surface area contributed by atoms with Gasteiger partial charge in [-0.1, -0.05) is 29.6 Å². The Hall–Kier alpha value is -2.93. The molecule has 1 aromatic heterocycles. The van der Waals surface area contributed by atoms with Crippen LogP contribution in [0.4, 0.5) is 0 Å². The normalized spacial score (nSPS) is 21.1. The Kier molecular flexibility index (Phi) is 9.65. The number of ether oxygens (including phenoxy) is 2. The summed E-state index contributed by atoms with van der Waals surface area (Å²) in [7, 11) is 2.28. The van der Waals surface area contributed by atoms with Crippen LogP contribution >= 0.6 is 23.5 Å². The Morgan fingerprint density at radius 3 is 1.62 bits per heavy atom. The van der Waals surface area contributed by atoms with Gasteiger partial charge in [-0.25, -0.2) is 14.6 Å². The van der Waals surface area contributed by atoms with E-state index in [1.165, 1.54) is 18.2 Å². The lowest BCUT2D eigenvalue weighted by molar-refractivity contribution is -0.143. The lowest BCUT2D eigenvalue weighted by Gasteiger charge is -2.16. The predicted octanol–water partition coefficient (Wildman–Crippen LogP) is -0.0622. The van der Waals surface area contributed by atoms with Crippen molar-refractivity contribution in [3.63, 3.8) is 0 Å². The number of amides is 2. The van der Waals surface area contributed by atoms with Gasteiger partial charge >= 0.3 is 11.9 Å². The molecule has 0 radical (unpaired) electrons. The van der Waals surface area contributed by atoms with Gasteiger partial charge in [0.2, 0.25) is 0 Å². The van der Waals surface area contributed by atoms with Crippen molar-refractivity contribution < 1.29 is 38.2 Å². The van der Waals surface area contributed by atoms with Gasteiger partial charge in [0.15, 0.2) is 10.2 Å². The van der Waals surface area contributed by atoms with Gasteiger partial charge < -0.3 is 20.1 Å². The second-order valence-corrected chi connectivity index (χ2v) is 8.53. The van der Waals surface area contributed by atoms with Crippen LogP contribution in [0.15, 0.2) is 18.2 Å². The second kappa shape index (κ2) is 12.2. The first-order valence-electron chi connectivity index (χ1n) is 9.30. The summed E-state index contributed by atoms with van der Waals surface area (Å²) in [5.41, 5.74) is -0.322. The summed E-state index contributed by atoms with van der Waals surface area (Å²) in [6.07, 6.45) is -0.203. The third-order valence-electron chi connectivity index (χ3n) is 4.15. The van der Waals surface area contributed by atoms with Crippen molar-refractivity contribution in [1.29, 1.82) is 0 Å². The zero-order valence-electron chi connectivity index (χ0n) is 17.2. The molecule has 32 heavy (non-hydrogen) atoms. The van der Waals surface area contributed by atoms with E-state index in [2.05, 4.69) is 25.1 Å². The number of hydrogen-bond donors (Lipinski definition) is 2. The molecule has 0 fully saturated rings. The van der Waals surface area contributed by atoms with Gasteiger partial charge in [-0.15, -0.1) is 0 Å². The van der Waals surface area contributed by atoms with Crippen LogP contribution in [-0.2, 0) is 28.7 Å². The maximum Gasteiger partial charge on any atom is 0.329 e. The van der Waals surface area contributed by atoms with Crippen molar-refractivity contribution in [2.75, 3.05) is 25.7 Å². The maximum atomic E-state index is 12.6. The summed E-state index contributed by atoms with van der Waals surface area (Å²) in [6, 6.07) is 1.77. The van der Waals surface area contributed by atoms with Gasteiger partial charge in [-0.05, 0) is 12.1 Å². The molecule has 2 rings (SSSR count). The molecular formula is C19H21N3O8S2. The molecule has 0 aromatic carbocycles. The van der Waals surface area contributed by atoms with Gasteiger partial charge in [0.1, 0.15) is 23.5 Å². The van der Waals surface area contributed by atoms with E-state index in [1.54, 1.807) is 0 Å². The van der Waals surface area contributed by atoms with E-state index >= 15 is 0 Å². The molecule has 0 saturated heterocycles. The van der Waals surface area contributed by atoms with E-state index in [-0.39, 0.29) is 46.0 Å². The minimum atomic E-state index is -1.15. The maximum absolute atomic E-state index is 12.6. The number of thioether (sulfide) groups is 2. The molecule has 0 unspecified atom stereocenters. The first-order chi connectivity index (χ1) is 15.2. The molecule has 11 nitrogen and oxygen atoms in total. The van der Waals surface area contributed by atoms with E-state index in [0.29, 0.717) is 0 Å². The average Bonchev–Trinajstić information content (AvgIpc) is 2.81.